The number of aliphatic imine (C=N–C) groups is 1. The molecule has 2 aromatic carbocycles. The Labute approximate surface area is 172 Å². The van der Waals surface area contributed by atoms with Gasteiger partial charge in [-0.05, 0) is 42.3 Å². The second kappa shape index (κ2) is 10.1. The van der Waals surface area contributed by atoms with Crippen molar-refractivity contribution in [2.75, 3.05) is 20.6 Å². The molecule has 0 fully saturated rings. The number of carbonyl (C=O) groups is 1. The lowest BCUT2D eigenvalue weighted by Gasteiger charge is -2.16. The standard InChI is InChI=1S/C21H24F4N4O/c1-4-26-20(27-12-14-5-7-15(8-6-14)19(30)29(2)3)28-13-16-9-10-17(22)11-18(16)21(23,24)25/h5-11H,4,12-13H2,1-3H3,(H2,26,27,28). The van der Waals surface area contributed by atoms with E-state index in [4.69, 9.17) is 0 Å². The van der Waals surface area contributed by atoms with Crippen LogP contribution in [0.25, 0.3) is 0 Å². The molecule has 0 radical (unpaired) electrons. The monoisotopic (exact) mass is 424 g/mol. The van der Waals surface area contributed by atoms with E-state index < -0.39 is 17.6 Å². The summed E-state index contributed by atoms with van der Waals surface area (Å²) in [6, 6.07) is 9.51. The maximum atomic E-state index is 13.2. The molecule has 0 atom stereocenters. The molecule has 0 aliphatic carbocycles. The van der Waals surface area contributed by atoms with Crippen LogP contribution in [0, 0.1) is 5.82 Å². The SMILES string of the molecule is CCNC(=NCc1ccc(C(=O)N(C)C)cc1)NCc1ccc(F)cc1C(F)(F)F. The molecule has 1 amide bonds. The lowest BCUT2D eigenvalue weighted by Crippen LogP contribution is -2.37. The Morgan fingerprint density at radius 3 is 2.30 bits per heavy atom. The molecule has 0 aliphatic rings. The van der Waals surface area contributed by atoms with Gasteiger partial charge in [-0.2, -0.15) is 13.2 Å². The van der Waals surface area contributed by atoms with E-state index >= 15 is 0 Å². The van der Waals surface area contributed by atoms with Crippen LogP contribution in [0.3, 0.4) is 0 Å². The third-order valence-corrected chi connectivity index (χ3v) is 4.19. The zero-order chi connectivity index (χ0) is 22.3. The number of nitrogens with zero attached hydrogens (tertiary/aromatic N) is 2. The molecule has 0 heterocycles. The van der Waals surface area contributed by atoms with Crippen LogP contribution < -0.4 is 10.6 Å². The Bertz CT molecular complexity index is 893. The van der Waals surface area contributed by atoms with Gasteiger partial charge in [0.05, 0.1) is 12.1 Å². The van der Waals surface area contributed by atoms with Crippen LogP contribution in [0.5, 0.6) is 0 Å². The number of hydrogen-bond donors (Lipinski definition) is 2. The maximum Gasteiger partial charge on any atom is 0.416 e. The highest BCUT2D eigenvalue weighted by Gasteiger charge is 2.33. The van der Waals surface area contributed by atoms with Crippen molar-refractivity contribution in [1.29, 1.82) is 0 Å². The summed E-state index contributed by atoms with van der Waals surface area (Å²) >= 11 is 0. The number of benzene rings is 2. The fourth-order valence-corrected chi connectivity index (χ4v) is 2.67. The van der Waals surface area contributed by atoms with Gasteiger partial charge in [0.25, 0.3) is 5.91 Å². The molecule has 0 saturated heterocycles. The predicted molar refractivity (Wildman–Crippen MR) is 108 cm³/mol. The quantitative estimate of drug-likeness (QED) is 0.421. The first-order chi connectivity index (χ1) is 14.1. The number of amides is 1. The number of nitrogens with one attached hydrogen (secondary N) is 2. The summed E-state index contributed by atoms with van der Waals surface area (Å²) in [7, 11) is 3.33. The average molecular weight is 424 g/mol. The molecule has 0 saturated carbocycles. The van der Waals surface area contributed by atoms with E-state index in [1.54, 1.807) is 38.4 Å². The predicted octanol–water partition coefficient (Wildman–Crippen LogP) is 3.80. The Balaban J connectivity index is 2.10. The topological polar surface area (TPSA) is 56.7 Å². The summed E-state index contributed by atoms with van der Waals surface area (Å²) in [5.74, 6) is -0.730. The summed E-state index contributed by atoms with van der Waals surface area (Å²) in [6.45, 7) is 2.44. The van der Waals surface area contributed by atoms with Crippen molar-refractivity contribution in [2.24, 2.45) is 4.99 Å². The largest absolute Gasteiger partial charge is 0.416 e. The minimum absolute atomic E-state index is 0.0824. The van der Waals surface area contributed by atoms with E-state index in [0.29, 0.717) is 24.1 Å². The molecule has 0 unspecified atom stereocenters. The van der Waals surface area contributed by atoms with Crippen molar-refractivity contribution in [3.05, 3.63) is 70.5 Å². The van der Waals surface area contributed by atoms with Crippen molar-refractivity contribution in [1.82, 2.24) is 15.5 Å². The molecule has 2 aromatic rings. The molecule has 162 valence electrons. The molecule has 2 rings (SSSR count). The summed E-state index contributed by atoms with van der Waals surface area (Å²) < 4.78 is 52.7. The second-order valence-electron chi connectivity index (χ2n) is 6.74. The Morgan fingerprint density at radius 1 is 1.07 bits per heavy atom. The maximum absolute atomic E-state index is 13.2. The lowest BCUT2D eigenvalue weighted by molar-refractivity contribution is -0.138. The van der Waals surface area contributed by atoms with E-state index in [-0.39, 0.29) is 24.6 Å². The van der Waals surface area contributed by atoms with E-state index in [2.05, 4.69) is 15.6 Å². The van der Waals surface area contributed by atoms with Crippen LogP contribution in [-0.2, 0) is 19.3 Å². The third kappa shape index (κ3) is 6.47. The number of halogens is 4. The zero-order valence-corrected chi connectivity index (χ0v) is 17.0. The summed E-state index contributed by atoms with van der Waals surface area (Å²) in [5.41, 5.74) is 0.280. The first-order valence-electron chi connectivity index (χ1n) is 9.30. The van der Waals surface area contributed by atoms with Gasteiger partial charge in [-0.1, -0.05) is 18.2 Å². The first kappa shape index (κ1) is 23.2. The van der Waals surface area contributed by atoms with Crippen molar-refractivity contribution in [3.8, 4) is 0 Å². The molecule has 5 nitrogen and oxygen atoms in total. The van der Waals surface area contributed by atoms with Gasteiger partial charge in [-0.3, -0.25) is 4.79 Å². The minimum atomic E-state index is -4.65. The Morgan fingerprint density at radius 2 is 1.73 bits per heavy atom. The van der Waals surface area contributed by atoms with Gasteiger partial charge in [0.15, 0.2) is 5.96 Å². The van der Waals surface area contributed by atoms with Crippen LogP contribution >= 0.6 is 0 Å². The van der Waals surface area contributed by atoms with Crippen molar-refractivity contribution in [2.45, 2.75) is 26.2 Å². The zero-order valence-electron chi connectivity index (χ0n) is 17.0. The van der Waals surface area contributed by atoms with E-state index in [1.165, 1.54) is 4.90 Å². The highest BCUT2D eigenvalue weighted by atomic mass is 19.4. The molecule has 0 aliphatic heterocycles. The van der Waals surface area contributed by atoms with Crippen LogP contribution in [0.1, 0.15) is 34.0 Å². The molecule has 0 spiro atoms. The lowest BCUT2D eigenvalue weighted by atomic mass is 10.1. The van der Waals surface area contributed by atoms with Crippen LogP contribution in [0.2, 0.25) is 0 Å². The number of carbonyl (C=O) groups excluding carboxylic acids is 1. The number of guanidine groups is 1. The third-order valence-electron chi connectivity index (χ3n) is 4.19. The summed E-state index contributed by atoms with van der Waals surface area (Å²) in [6.07, 6.45) is -4.65. The normalized spacial score (nSPS) is 11.9. The highest BCUT2D eigenvalue weighted by molar-refractivity contribution is 5.93. The number of hydrogen-bond acceptors (Lipinski definition) is 2. The summed E-state index contributed by atoms with van der Waals surface area (Å²) in [4.78, 5) is 17.8. The van der Waals surface area contributed by atoms with Crippen molar-refractivity contribution < 1.29 is 22.4 Å². The minimum Gasteiger partial charge on any atom is -0.357 e. The molecule has 9 heteroatoms. The van der Waals surface area contributed by atoms with E-state index in [9.17, 15) is 22.4 Å². The van der Waals surface area contributed by atoms with Gasteiger partial charge >= 0.3 is 6.18 Å². The Hall–Kier alpha value is -3.10. The fraction of sp³-hybridized carbons (Fsp3) is 0.333. The molecule has 2 N–H and O–H groups in total. The smallest absolute Gasteiger partial charge is 0.357 e. The average Bonchev–Trinajstić information content (AvgIpc) is 2.69. The number of alkyl halides is 3. The van der Waals surface area contributed by atoms with Crippen molar-refractivity contribution >= 4 is 11.9 Å². The first-order valence-corrected chi connectivity index (χ1v) is 9.30. The molecule has 30 heavy (non-hydrogen) atoms. The molecule has 0 bridgehead atoms. The van der Waals surface area contributed by atoms with Crippen molar-refractivity contribution in [3.63, 3.8) is 0 Å². The molecule has 0 aromatic heterocycles. The second-order valence-corrected chi connectivity index (χ2v) is 6.74. The van der Waals surface area contributed by atoms with Gasteiger partial charge in [0.2, 0.25) is 0 Å². The van der Waals surface area contributed by atoms with Gasteiger partial charge in [0, 0.05) is 32.7 Å². The molecular formula is C21H24F4N4O. The Kier molecular flexibility index (Phi) is 7.79. The highest BCUT2D eigenvalue weighted by Crippen LogP contribution is 2.32. The van der Waals surface area contributed by atoms with Crippen LogP contribution in [-0.4, -0.2) is 37.4 Å². The van der Waals surface area contributed by atoms with Gasteiger partial charge in [0.1, 0.15) is 5.82 Å². The van der Waals surface area contributed by atoms with Gasteiger partial charge < -0.3 is 15.5 Å². The van der Waals surface area contributed by atoms with Crippen LogP contribution in [0.15, 0.2) is 47.5 Å². The van der Waals surface area contributed by atoms with Gasteiger partial charge in [-0.15, -0.1) is 0 Å². The van der Waals surface area contributed by atoms with E-state index in [0.717, 1.165) is 17.7 Å². The summed E-state index contributed by atoms with van der Waals surface area (Å²) in [5, 5.41) is 5.80. The molecular weight excluding hydrogens is 400 g/mol. The van der Waals surface area contributed by atoms with E-state index in [1.807, 2.05) is 6.92 Å². The van der Waals surface area contributed by atoms with Crippen LogP contribution in [0.4, 0.5) is 17.6 Å². The fourth-order valence-electron chi connectivity index (χ4n) is 2.67. The van der Waals surface area contributed by atoms with Gasteiger partial charge in [-0.25, -0.2) is 9.38 Å². The number of rotatable bonds is 6.